The number of aryl methyl sites for hydroxylation is 1. The van der Waals surface area contributed by atoms with Crippen molar-refractivity contribution in [3.63, 3.8) is 0 Å². The number of hydrogen-bond donors (Lipinski definition) is 0. The van der Waals surface area contributed by atoms with Crippen molar-refractivity contribution in [1.29, 1.82) is 0 Å². The summed E-state index contributed by atoms with van der Waals surface area (Å²) in [5, 5.41) is 0. The first-order chi connectivity index (χ1) is 14.7. The number of ether oxygens (including phenoxy) is 1. The number of carbonyl (C=O) groups excluding carboxylic acids is 2. The predicted molar refractivity (Wildman–Crippen MR) is 117 cm³/mol. The third-order valence-corrected chi connectivity index (χ3v) is 6.57. The molecule has 30 heavy (non-hydrogen) atoms. The van der Waals surface area contributed by atoms with E-state index in [1.54, 1.807) is 0 Å². The second-order valence-corrected chi connectivity index (χ2v) is 8.60. The molecular formula is C26H31NO3. The number of unbranched alkanes of at least 4 members (excludes halogenated alkanes) is 1. The number of rotatable bonds is 8. The van der Waals surface area contributed by atoms with Crippen molar-refractivity contribution in [3.05, 3.63) is 71.8 Å². The van der Waals surface area contributed by atoms with Gasteiger partial charge in [0.2, 0.25) is 5.91 Å². The van der Waals surface area contributed by atoms with Crippen LogP contribution in [-0.4, -0.2) is 28.9 Å². The van der Waals surface area contributed by atoms with E-state index in [-0.39, 0.29) is 24.5 Å². The summed E-state index contributed by atoms with van der Waals surface area (Å²) in [5.41, 5.74) is 2.28. The zero-order valence-corrected chi connectivity index (χ0v) is 17.5. The first kappa shape index (κ1) is 20.6. The van der Waals surface area contributed by atoms with Crippen molar-refractivity contribution in [2.75, 3.05) is 0 Å². The maximum absolute atomic E-state index is 13.1. The molecule has 0 unspecified atom stereocenters. The van der Waals surface area contributed by atoms with Gasteiger partial charge in [-0.1, -0.05) is 67.1 Å². The van der Waals surface area contributed by atoms with E-state index < -0.39 is 6.04 Å². The van der Waals surface area contributed by atoms with Gasteiger partial charge in [-0.25, -0.2) is 4.79 Å². The molecule has 1 aliphatic carbocycles. The number of esters is 1. The molecule has 0 radical (unpaired) electrons. The van der Waals surface area contributed by atoms with Crippen molar-refractivity contribution in [2.45, 2.75) is 70.1 Å². The molecule has 1 amide bonds. The Balaban J connectivity index is 1.32. The lowest BCUT2D eigenvalue weighted by Crippen LogP contribution is -2.45. The summed E-state index contributed by atoms with van der Waals surface area (Å²) in [4.78, 5) is 27.9. The first-order valence-electron chi connectivity index (χ1n) is 11.3. The normalized spacial score (nSPS) is 22.7. The van der Waals surface area contributed by atoms with Crippen LogP contribution in [0.5, 0.6) is 0 Å². The van der Waals surface area contributed by atoms with Gasteiger partial charge in [0.25, 0.3) is 0 Å². The zero-order chi connectivity index (χ0) is 20.8. The highest BCUT2D eigenvalue weighted by atomic mass is 16.5. The molecule has 1 saturated carbocycles. The molecule has 4 nitrogen and oxygen atoms in total. The maximum atomic E-state index is 13.1. The number of benzene rings is 2. The van der Waals surface area contributed by atoms with E-state index in [9.17, 15) is 9.59 Å². The predicted octanol–water partition coefficient (Wildman–Crippen LogP) is 4.91. The van der Waals surface area contributed by atoms with Crippen molar-refractivity contribution >= 4 is 11.9 Å². The monoisotopic (exact) mass is 405 g/mol. The lowest BCUT2D eigenvalue weighted by atomic mass is 10.0. The van der Waals surface area contributed by atoms with Crippen LogP contribution in [0.2, 0.25) is 0 Å². The molecule has 2 aromatic carbocycles. The van der Waals surface area contributed by atoms with Gasteiger partial charge in [0.05, 0.1) is 0 Å². The number of carbonyl (C=O) groups is 2. The Morgan fingerprint density at radius 3 is 2.33 bits per heavy atom. The average molecular weight is 406 g/mol. The van der Waals surface area contributed by atoms with Crippen LogP contribution in [0.1, 0.15) is 56.1 Å². The summed E-state index contributed by atoms with van der Waals surface area (Å²) >= 11 is 0. The molecule has 0 N–H and O–H groups in total. The third kappa shape index (κ3) is 4.92. The highest BCUT2D eigenvalue weighted by Gasteiger charge is 2.48. The molecule has 158 valence electrons. The van der Waals surface area contributed by atoms with Crippen LogP contribution < -0.4 is 0 Å². The molecular weight excluding hydrogens is 374 g/mol. The largest absolute Gasteiger partial charge is 0.459 e. The molecule has 2 fully saturated rings. The van der Waals surface area contributed by atoms with Gasteiger partial charge in [-0.3, -0.25) is 4.79 Å². The third-order valence-electron chi connectivity index (χ3n) is 6.57. The number of nitrogens with zero attached hydrogens (tertiary/aromatic N) is 1. The maximum Gasteiger partial charge on any atom is 0.329 e. The van der Waals surface area contributed by atoms with E-state index in [4.69, 9.17) is 4.74 Å². The van der Waals surface area contributed by atoms with Gasteiger partial charge < -0.3 is 9.64 Å². The minimum atomic E-state index is -0.411. The lowest BCUT2D eigenvalue weighted by molar-refractivity contribution is -0.155. The lowest BCUT2D eigenvalue weighted by Gasteiger charge is -2.29. The molecule has 2 aliphatic rings. The van der Waals surface area contributed by atoms with Crippen LogP contribution in [0.15, 0.2) is 60.7 Å². The summed E-state index contributed by atoms with van der Waals surface area (Å²) in [6.45, 7) is 0.268. The van der Waals surface area contributed by atoms with Gasteiger partial charge in [0.15, 0.2) is 0 Å². The standard InChI is InChI=1S/C26H31NO3/c28-25(17-8-7-12-20-10-3-1-4-11-20)27-23-16-9-15-22(23)18-24(27)26(29)30-19-21-13-5-2-6-14-21/h1-6,10-11,13-14,22-24H,7-9,12,15-19H2/t22-,23-,24-/m0/s1. The van der Waals surface area contributed by atoms with E-state index in [0.717, 1.165) is 50.5 Å². The van der Waals surface area contributed by atoms with Gasteiger partial charge in [-0.05, 0) is 55.6 Å². The van der Waals surface area contributed by atoms with E-state index in [1.807, 2.05) is 41.3 Å². The molecule has 4 rings (SSSR count). The van der Waals surface area contributed by atoms with E-state index in [1.165, 1.54) is 5.56 Å². The van der Waals surface area contributed by atoms with E-state index in [2.05, 4.69) is 24.3 Å². The van der Waals surface area contributed by atoms with E-state index >= 15 is 0 Å². The Labute approximate surface area is 179 Å². The van der Waals surface area contributed by atoms with E-state index in [0.29, 0.717) is 12.3 Å². The minimum Gasteiger partial charge on any atom is -0.459 e. The summed E-state index contributed by atoms with van der Waals surface area (Å²) in [5.74, 6) is 0.331. The van der Waals surface area contributed by atoms with Crippen LogP contribution in [-0.2, 0) is 27.4 Å². The number of fused-ring (bicyclic) bond motifs is 1. The van der Waals surface area contributed by atoms with Crippen LogP contribution in [0, 0.1) is 5.92 Å². The minimum absolute atomic E-state index is 0.124. The Bertz CT molecular complexity index is 836. The fourth-order valence-electron chi connectivity index (χ4n) is 5.06. The van der Waals surface area contributed by atoms with Crippen LogP contribution in [0.3, 0.4) is 0 Å². The fraction of sp³-hybridized carbons (Fsp3) is 0.462. The molecule has 1 saturated heterocycles. The highest BCUT2D eigenvalue weighted by Crippen LogP contribution is 2.42. The van der Waals surface area contributed by atoms with Gasteiger partial charge in [0, 0.05) is 12.5 Å². The molecule has 0 bridgehead atoms. The van der Waals surface area contributed by atoms with Crippen molar-refractivity contribution in [2.24, 2.45) is 5.92 Å². The number of amides is 1. The van der Waals surface area contributed by atoms with Crippen molar-refractivity contribution in [3.8, 4) is 0 Å². The van der Waals surface area contributed by atoms with Gasteiger partial charge in [-0.15, -0.1) is 0 Å². The summed E-state index contributed by atoms with van der Waals surface area (Å²) < 4.78 is 5.61. The smallest absolute Gasteiger partial charge is 0.329 e. The van der Waals surface area contributed by atoms with Crippen LogP contribution >= 0.6 is 0 Å². The fourth-order valence-corrected chi connectivity index (χ4v) is 5.06. The first-order valence-corrected chi connectivity index (χ1v) is 11.3. The number of likely N-dealkylation sites (tertiary alicyclic amines) is 1. The Hall–Kier alpha value is -2.62. The molecule has 0 spiro atoms. The molecule has 1 aliphatic heterocycles. The highest BCUT2D eigenvalue weighted by molar-refractivity contribution is 5.85. The zero-order valence-electron chi connectivity index (χ0n) is 17.5. The number of hydrogen-bond acceptors (Lipinski definition) is 3. The summed E-state index contributed by atoms with van der Waals surface area (Å²) in [6, 6.07) is 19.9. The Morgan fingerprint density at radius 1 is 0.900 bits per heavy atom. The second kappa shape index (κ2) is 9.92. The Morgan fingerprint density at radius 2 is 1.60 bits per heavy atom. The molecule has 3 atom stereocenters. The topological polar surface area (TPSA) is 46.6 Å². The second-order valence-electron chi connectivity index (χ2n) is 8.60. The molecule has 1 heterocycles. The van der Waals surface area contributed by atoms with Gasteiger partial charge in [0.1, 0.15) is 12.6 Å². The van der Waals surface area contributed by atoms with Crippen LogP contribution in [0.25, 0.3) is 0 Å². The van der Waals surface area contributed by atoms with Crippen LogP contribution in [0.4, 0.5) is 0 Å². The quantitative estimate of drug-likeness (QED) is 0.463. The average Bonchev–Trinajstić information content (AvgIpc) is 3.38. The molecule has 4 heteroatoms. The van der Waals surface area contributed by atoms with Gasteiger partial charge >= 0.3 is 5.97 Å². The molecule has 2 aromatic rings. The summed E-state index contributed by atoms with van der Waals surface area (Å²) in [7, 11) is 0. The SMILES string of the molecule is O=C(OCc1ccccc1)[C@@H]1C[C@@H]2CCC[C@@H]2N1C(=O)CCCCc1ccccc1. The molecule has 0 aromatic heterocycles. The van der Waals surface area contributed by atoms with Crippen molar-refractivity contribution in [1.82, 2.24) is 4.90 Å². The van der Waals surface area contributed by atoms with Gasteiger partial charge in [-0.2, -0.15) is 0 Å². The Kier molecular flexibility index (Phi) is 6.83. The summed E-state index contributed by atoms with van der Waals surface area (Å²) in [6.07, 6.45) is 7.39. The van der Waals surface area contributed by atoms with Crippen molar-refractivity contribution < 1.29 is 14.3 Å².